The highest BCUT2D eigenvalue weighted by Crippen LogP contribution is 2.25. The van der Waals surface area contributed by atoms with Crippen LogP contribution in [-0.4, -0.2) is 58.0 Å². The average Bonchev–Trinajstić information content (AvgIpc) is 2.69. The fourth-order valence-electron chi connectivity index (χ4n) is 3.26. The molecule has 1 fully saturated rings. The van der Waals surface area contributed by atoms with Gasteiger partial charge in [0, 0.05) is 37.1 Å². The first kappa shape index (κ1) is 18.6. The van der Waals surface area contributed by atoms with E-state index in [0.717, 1.165) is 11.7 Å². The van der Waals surface area contributed by atoms with E-state index in [1.165, 1.54) is 10.6 Å². The zero-order valence-corrected chi connectivity index (χ0v) is 16.0. The summed E-state index contributed by atoms with van der Waals surface area (Å²) in [6, 6.07) is 5.28. The van der Waals surface area contributed by atoms with Crippen molar-refractivity contribution in [2.24, 2.45) is 0 Å². The highest BCUT2D eigenvalue weighted by atomic mass is 32.2. The van der Waals surface area contributed by atoms with Gasteiger partial charge < -0.3 is 5.32 Å². The van der Waals surface area contributed by atoms with Crippen molar-refractivity contribution < 1.29 is 12.8 Å². The molecule has 28 heavy (non-hydrogen) atoms. The lowest BCUT2D eigenvalue weighted by molar-refractivity contribution is 0.331. The van der Waals surface area contributed by atoms with Crippen LogP contribution in [0.3, 0.4) is 0 Å². The minimum atomic E-state index is -3.17. The van der Waals surface area contributed by atoms with Gasteiger partial charge in [0.05, 0.1) is 23.5 Å². The number of anilines is 1. The van der Waals surface area contributed by atoms with Crippen molar-refractivity contribution in [1.29, 1.82) is 0 Å². The van der Waals surface area contributed by atoms with Gasteiger partial charge in [-0.05, 0) is 25.0 Å². The third-order valence-electron chi connectivity index (χ3n) is 4.74. The van der Waals surface area contributed by atoms with Crippen molar-refractivity contribution in [2.75, 3.05) is 24.7 Å². The van der Waals surface area contributed by atoms with E-state index in [-0.39, 0.29) is 11.7 Å². The molecule has 0 aliphatic carbocycles. The van der Waals surface area contributed by atoms with Crippen LogP contribution in [0.25, 0.3) is 22.3 Å². The van der Waals surface area contributed by atoms with Crippen molar-refractivity contribution in [3.05, 3.63) is 42.6 Å². The summed E-state index contributed by atoms with van der Waals surface area (Å²) >= 11 is 0. The minimum Gasteiger partial charge on any atom is -0.351 e. The number of sulfonamides is 1. The minimum absolute atomic E-state index is 0.0266. The van der Waals surface area contributed by atoms with Gasteiger partial charge in [-0.25, -0.2) is 27.1 Å². The van der Waals surface area contributed by atoms with Crippen LogP contribution < -0.4 is 5.32 Å². The van der Waals surface area contributed by atoms with E-state index in [1.807, 2.05) is 0 Å². The van der Waals surface area contributed by atoms with E-state index >= 15 is 0 Å². The fraction of sp³-hybridized carbons (Fsp3) is 0.333. The quantitative estimate of drug-likeness (QED) is 0.713. The first-order valence-corrected chi connectivity index (χ1v) is 10.7. The maximum Gasteiger partial charge on any atom is 0.223 e. The number of benzene rings is 1. The molecule has 0 amide bonds. The Morgan fingerprint density at radius 2 is 1.82 bits per heavy atom. The highest BCUT2D eigenvalue weighted by Gasteiger charge is 2.25. The van der Waals surface area contributed by atoms with Crippen molar-refractivity contribution in [2.45, 2.75) is 18.9 Å². The molecule has 10 heteroatoms. The molecule has 0 saturated carbocycles. The molecule has 1 N–H and O–H groups in total. The number of halogens is 1. The van der Waals surface area contributed by atoms with Gasteiger partial charge in [0.2, 0.25) is 16.0 Å². The normalized spacial score (nSPS) is 16.4. The standard InChI is InChI=1S/C18H19FN6O2S/c1-28(26,27)25-8-4-13(5-9-25)23-18-22-11-14(19)17(24-18)12-2-3-15-16(10-12)21-7-6-20-15/h2-3,6-7,10-11,13H,4-5,8-9H2,1H3,(H,22,23,24). The van der Waals surface area contributed by atoms with Gasteiger partial charge in [0.15, 0.2) is 5.82 Å². The summed E-state index contributed by atoms with van der Waals surface area (Å²) in [6.07, 6.45) is 6.80. The highest BCUT2D eigenvalue weighted by molar-refractivity contribution is 7.88. The van der Waals surface area contributed by atoms with Crippen LogP contribution in [0.15, 0.2) is 36.8 Å². The molecular weight excluding hydrogens is 383 g/mol. The summed E-state index contributed by atoms with van der Waals surface area (Å²) in [6.45, 7) is 0.877. The maximum absolute atomic E-state index is 14.4. The molecule has 3 heterocycles. The molecule has 146 valence electrons. The van der Waals surface area contributed by atoms with Crippen molar-refractivity contribution in [3.63, 3.8) is 0 Å². The molecular formula is C18H19FN6O2S. The molecule has 3 aromatic rings. The summed E-state index contributed by atoms with van der Waals surface area (Å²) in [5, 5.41) is 3.19. The van der Waals surface area contributed by atoms with Crippen molar-refractivity contribution >= 4 is 27.0 Å². The molecule has 1 aliphatic heterocycles. The summed E-state index contributed by atoms with van der Waals surface area (Å²) in [5.74, 6) is -0.214. The SMILES string of the molecule is CS(=O)(=O)N1CCC(Nc2ncc(F)c(-c3ccc4nccnc4c3)n2)CC1. The second-order valence-electron chi connectivity index (χ2n) is 6.73. The second kappa shape index (κ2) is 7.36. The summed E-state index contributed by atoms with van der Waals surface area (Å²) < 4.78 is 39.0. The zero-order chi connectivity index (χ0) is 19.7. The first-order valence-electron chi connectivity index (χ1n) is 8.85. The van der Waals surface area contributed by atoms with Gasteiger partial charge in [0.1, 0.15) is 5.69 Å². The van der Waals surface area contributed by atoms with E-state index in [2.05, 4.69) is 25.3 Å². The molecule has 4 rings (SSSR count). The molecule has 1 aromatic carbocycles. The topological polar surface area (TPSA) is 101 Å². The summed E-state index contributed by atoms with van der Waals surface area (Å²) in [4.78, 5) is 16.8. The zero-order valence-electron chi connectivity index (χ0n) is 15.2. The Kier molecular flexibility index (Phi) is 4.90. The Morgan fingerprint density at radius 1 is 1.11 bits per heavy atom. The van der Waals surface area contributed by atoms with Crippen LogP contribution in [0.1, 0.15) is 12.8 Å². The predicted octanol–water partition coefficient (Wildman–Crippen LogP) is 2.06. The largest absolute Gasteiger partial charge is 0.351 e. The van der Waals surface area contributed by atoms with Crippen LogP contribution in [-0.2, 0) is 10.0 Å². The van der Waals surface area contributed by atoms with E-state index < -0.39 is 15.8 Å². The maximum atomic E-state index is 14.4. The number of nitrogens with one attached hydrogen (secondary N) is 1. The Hall–Kier alpha value is -2.72. The predicted molar refractivity (Wildman–Crippen MR) is 104 cm³/mol. The van der Waals surface area contributed by atoms with Gasteiger partial charge >= 0.3 is 0 Å². The third-order valence-corrected chi connectivity index (χ3v) is 6.05. The molecule has 0 atom stereocenters. The molecule has 1 aliphatic rings. The molecule has 8 nitrogen and oxygen atoms in total. The van der Waals surface area contributed by atoms with E-state index in [4.69, 9.17) is 0 Å². The lowest BCUT2D eigenvalue weighted by atomic mass is 10.1. The Morgan fingerprint density at radius 3 is 2.54 bits per heavy atom. The summed E-state index contributed by atoms with van der Waals surface area (Å²) in [5.41, 5.74) is 2.14. The molecule has 2 aromatic heterocycles. The number of hydrogen-bond acceptors (Lipinski definition) is 7. The van der Waals surface area contributed by atoms with E-state index in [9.17, 15) is 12.8 Å². The van der Waals surface area contributed by atoms with Crippen molar-refractivity contribution in [1.82, 2.24) is 24.2 Å². The average molecular weight is 402 g/mol. The van der Waals surface area contributed by atoms with Crippen LogP contribution in [0.2, 0.25) is 0 Å². The number of rotatable bonds is 4. The number of hydrogen-bond donors (Lipinski definition) is 1. The number of nitrogens with zero attached hydrogens (tertiary/aromatic N) is 5. The van der Waals surface area contributed by atoms with E-state index in [1.54, 1.807) is 30.6 Å². The third kappa shape index (κ3) is 3.92. The smallest absolute Gasteiger partial charge is 0.223 e. The first-order chi connectivity index (χ1) is 13.4. The van der Waals surface area contributed by atoms with Crippen LogP contribution in [0, 0.1) is 5.82 Å². The number of piperidine rings is 1. The van der Waals surface area contributed by atoms with Crippen LogP contribution in [0.5, 0.6) is 0 Å². The molecule has 0 bridgehead atoms. The number of aromatic nitrogens is 4. The van der Waals surface area contributed by atoms with E-state index in [0.29, 0.717) is 43.0 Å². The second-order valence-corrected chi connectivity index (χ2v) is 8.71. The molecule has 0 spiro atoms. The lowest BCUT2D eigenvalue weighted by Gasteiger charge is -2.30. The Labute approximate surface area is 161 Å². The molecule has 0 unspecified atom stereocenters. The lowest BCUT2D eigenvalue weighted by Crippen LogP contribution is -2.42. The Bertz CT molecular complexity index is 1120. The Balaban J connectivity index is 1.54. The van der Waals surface area contributed by atoms with Gasteiger partial charge in [-0.3, -0.25) is 9.97 Å². The van der Waals surface area contributed by atoms with Gasteiger partial charge in [-0.15, -0.1) is 0 Å². The molecule has 1 saturated heterocycles. The summed E-state index contributed by atoms with van der Waals surface area (Å²) in [7, 11) is -3.17. The molecule has 0 radical (unpaired) electrons. The monoisotopic (exact) mass is 402 g/mol. The van der Waals surface area contributed by atoms with Gasteiger partial charge in [-0.1, -0.05) is 6.07 Å². The van der Waals surface area contributed by atoms with Gasteiger partial charge in [-0.2, -0.15) is 0 Å². The van der Waals surface area contributed by atoms with Crippen LogP contribution >= 0.6 is 0 Å². The fourth-order valence-corrected chi connectivity index (χ4v) is 4.14. The van der Waals surface area contributed by atoms with Crippen molar-refractivity contribution in [3.8, 4) is 11.3 Å². The van der Waals surface area contributed by atoms with Crippen LogP contribution in [0.4, 0.5) is 10.3 Å². The number of fused-ring (bicyclic) bond motifs is 1. The van der Waals surface area contributed by atoms with Gasteiger partial charge in [0.25, 0.3) is 0 Å².